The van der Waals surface area contributed by atoms with Crippen molar-refractivity contribution in [3.63, 3.8) is 0 Å². The Morgan fingerprint density at radius 1 is 0.895 bits per heavy atom. The van der Waals surface area contributed by atoms with Gasteiger partial charge in [0.1, 0.15) is 0 Å². The quantitative estimate of drug-likeness (QED) is 0.532. The standard InChI is InChI=1S/C16H19NO2/c18-15-13-10-3-4-11(7-10)14(13)16(19)17(15)12-6-8-1-2-9(12)5-8/h3-4,8-14H,1-2,5-7H2/t8-,9-,10-,11-,12-,13+,14+/m0/s1. The molecule has 4 fully saturated rings. The molecule has 7 atom stereocenters. The minimum Gasteiger partial charge on any atom is -0.279 e. The van der Waals surface area contributed by atoms with Gasteiger partial charge < -0.3 is 0 Å². The molecule has 1 heterocycles. The van der Waals surface area contributed by atoms with Crippen LogP contribution in [-0.4, -0.2) is 22.8 Å². The van der Waals surface area contributed by atoms with E-state index in [9.17, 15) is 9.59 Å². The van der Waals surface area contributed by atoms with Crippen molar-refractivity contribution < 1.29 is 9.59 Å². The number of amides is 2. The fourth-order valence-electron chi connectivity index (χ4n) is 5.78. The van der Waals surface area contributed by atoms with Crippen LogP contribution in [0.5, 0.6) is 0 Å². The number of allylic oxidation sites excluding steroid dienone is 2. The first kappa shape index (κ1) is 10.6. The van der Waals surface area contributed by atoms with Crippen LogP contribution in [0.15, 0.2) is 12.2 Å². The second-order valence-corrected chi connectivity index (χ2v) is 7.29. The van der Waals surface area contributed by atoms with Gasteiger partial charge in [-0.25, -0.2) is 0 Å². The van der Waals surface area contributed by atoms with E-state index in [2.05, 4.69) is 12.2 Å². The summed E-state index contributed by atoms with van der Waals surface area (Å²) < 4.78 is 0. The van der Waals surface area contributed by atoms with Gasteiger partial charge in [0.05, 0.1) is 11.8 Å². The van der Waals surface area contributed by atoms with Crippen molar-refractivity contribution in [1.29, 1.82) is 0 Å². The van der Waals surface area contributed by atoms with E-state index in [1.807, 2.05) is 0 Å². The number of hydrogen-bond acceptors (Lipinski definition) is 2. The van der Waals surface area contributed by atoms with Crippen molar-refractivity contribution in [2.24, 2.45) is 35.5 Å². The summed E-state index contributed by atoms with van der Waals surface area (Å²) in [4.78, 5) is 27.2. The van der Waals surface area contributed by atoms with E-state index in [0.29, 0.717) is 17.8 Å². The third-order valence-electron chi connectivity index (χ3n) is 6.54. The molecule has 0 aromatic carbocycles. The van der Waals surface area contributed by atoms with Crippen molar-refractivity contribution in [2.75, 3.05) is 0 Å². The lowest BCUT2D eigenvalue weighted by Gasteiger charge is -2.31. The summed E-state index contributed by atoms with van der Waals surface area (Å²) in [6.07, 6.45) is 10.3. The van der Waals surface area contributed by atoms with Crippen LogP contribution < -0.4 is 0 Å². The van der Waals surface area contributed by atoms with E-state index in [1.165, 1.54) is 19.3 Å². The Bertz CT molecular complexity index is 481. The van der Waals surface area contributed by atoms with E-state index >= 15 is 0 Å². The number of nitrogens with zero attached hydrogens (tertiary/aromatic N) is 1. The van der Waals surface area contributed by atoms with Crippen LogP contribution in [0.25, 0.3) is 0 Å². The molecule has 0 radical (unpaired) electrons. The fraction of sp³-hybridized carbons (Fsp3) is 0.750. The summed E-state index contributed by atoms with van der Waals surface area (Å²) in [7, 11) is 0. The Kier molecular flexibility index (Phi) is 1.85. The molecule has 2 amide bonds. The zero-order valence-corrected chi connectivity index (χ0v) is 11.0. The molecule has 0 unspecified atom stereocenters. The Morgan fingerprint density at radius 2 is 1.58 bits per heavy atom. The van der Waals surface area contributed by atoms with Crippen LogP contribution in [0.2, 0.25) is 0 Å². The molecule has 1 saturated heterocycles. The molecule has 0 spiro atoms. The molecule has 5 rings (SSSR count). The highest BCUT2D eigenvalue weighted by molar-refractivity contribution is 6.06. The first-order valence-electron chi connectivity index (χ1n) is 7.79. The van der Waals surface area contributed by atoms with Crippen LogP contribution >= 0.6 is 0 Å². The first-order chi connectivity index (χ1) is 9.24. The molecule has 100 valence electrons. The summed E-state index contributed by atoms with van der Waals surface area (Å²) in [5.74, 6) is 2.45. The highest BCUT2D eigenvalue weighted by Gasteiger charge is 2.61. The molecule has 4 aliphatic carbocycles. The molecular weight excluding hydrogens is 238 g/mol. The van der Waals surface area contributed by atoms with Crippen molar-refractivity contribution >= 4 is 11.8 Å². The molecule has 19 heavy (non-hydrogen) atoms. The SMILES string of the molecule is O=C1[C@H]2[C@H](C(=O)N1[C@H]1C[C@H]3CC[C@H]1C3)[C@H]1C=C[C@H]2C1. The molecule has 4 bridgehead atoms. The van der Waals surface area contributed by atoms with Crippen molar-refractivity contribution in [2.45, 2.75) is 38.1 Å². The minimum atomic E-state index is 0.00151. The largest absolute Gasteiger partial charge is 0.279 e. The van der Waals surface area contributed by atoms with Crippen LogP contribution in [0.1, 0.15) is 32.1 Å². The smallest absolute Gasteiger partial charge is 0.233 e. The number of likely N-dealkylation sites (tertiary alicyclic amines) is 1. The maximum atomic E-state index is 12.7. The average molecular weight is 257 g/mol. The Morgan fingerprint density at radius 3 is 2.11 bits per heavy atom. The number of carbonyl (C=O) groups is 2. The maximum absolute atomic E-state index is 12.7. The van der Waals surface area contributed by atoms with Crippen molar-refractivity contribution in [3.05, 3.63) is 12.2 Å². The number of fused-ring (bicyclic) bond motifs is 7. The van der Waals surface area contributed by atoms with Gasteiger partial charge in [-0.05, 0) is 49.4 Å². The minimum absolute atomic E-state index is 0.00151. The molecule has 3 heteroatoms. The predicted molar refractivity (Wildman–Crippen MR) is 68.8 cm³/mol. The normalized spacial score (nSPS) is 53.7. The van der Waals surface area contributed by atoms with E-state index in [1.54, 1.807) is 4.90 Å². The van der Waals surface area contributed by atoms with Gasteiger partial charge in [0.2, 0.25) is 11.8 Å². The summed E-state index contributed by atoms with van der Waals surface area (Å²) in [5, 5.41) is 0. The van der Waals surface area contributed by atoms with Gasteiger partial charge >= 0.3 is 0 Å². The Labute approximate surface area is 113 Å². The lowest BCUT2D eigenvalue weighted by atomic mass is 9.85. The lowest BCUT2D eigenvalue weighted by Crippen LogP contribution is -2.44. The zero-order chi connectivity index (χ0) is 12.7. The van der Waals surface area contributed by atoms with Crippen molar-refractivity contribution in [1.82, 2.24) is 4.90 Å². The van der Waals surface area contributed by atoms with Gasteiger partial charge in [-0.3, -0.25) is 14.5 Å². The van der Waals surface area contributed by atoms with Gasteiger partial charge in [0.15, 0.2) is 0 Å². The van der Waals surface area contributed by atoms with Gasteiger partial charge in [0, 0.05) is 6.04 Å². The molecule has 1 aliphatic heterocycles. The monoisotopic (exact) mass is 257 g/mol. The topological polar surface area (TPSA) is 37.4 Å². The summed E-state index contributed by atoms with van der Waals surface area (Å²) in [5.41, 5.74) is 0. The zero-order valence-electron chi connectivity index (χ0n) is 11.0. The molecule has 3 saturated carbocycles. The molecule has 0 N–H and O–H groups in total. The van der Waals surface area contributed by atoms with Crippen LogP contribution in [0.3, 0.4) is 0 Å². The third-order valence-corrected chi connectivity index (χ3v) is 6.54. The van der Waals surface area contributed by atoms with E-state index in [4.69, 9.17) is 0 Å². The second kappa shape index (κ2) is 3.31. The molecule has 5 aliphatic rings. The number of imide groups is 1. The first-order valence-corrected chi connectivity index (χ1v) is 7.79. The third kappa shape index (κ3) is 1.16. The van der Waals surface area contributed by atoms with Crippen LogP contribution in [0.4, 0.5) is 0 Å². The number of rotatable bonds is 1. The van der Waals surface area contributed by atoms with Crippen LogP contribution in [-0.2, 0) is 9.59 Å². The summed E-state index contributed by atoms with van der Waals surface area (Å²) in [6, 6.07) is 0.253. The molecular formula is C16H19NO2. The van der Waals surface area contributed by atoms with Gasteiger partial charge in [0.25, 0.3) is 0 Å². The molecule has 3 nitrogen and oxygen atoms in total. The lowest BCUT2D eigenvalue weighted by molar-refractivity contribution is -0.144. The highest BCUT2D eigenvalue weighted by atomic mass is 16.2. The van der Waals surface area contributed by atoms with Gasteiger partial charge in [-0.1, -0.05) is 18.6 Å². The summed E-state index contributed by atoms with van der Waals surface area (Å²) in [6.45, 7) is 0. The van der Waals surface area contributed by atoms with Gasteiger partial charge in [-0.2, -0.15) is 0 Å². The number of hydrogen-bond donors (Lipinski definition) is 0. The predicted octanol–water partition coefficient (Wildman–Crippen LogP) is 1.98. The van der Waals surface area contributed by atoms with Crippen molar-refractivity contribution in [3.8, 4) is 0 Å². The van der Waals surface area contributed by atoms with E-state index in [-0.39, 0.29) is 29.7 Å². The Hall–Kier alpha value is -1.12. The molecule has 0 aromatic rings. The van der Waals surface area contributed by atoms with Gasteiger partial charge in [-0.15, -0.1) is 0 Å². The fourth-order valence-corrected chi connectivity index (χ4v) is 5.78. The van der Waals surface area contributed by atoms with E-state index in [0.717, 1.165) is 18.8 Å². The number of carbonyl (C=O) groups excluding carboxylic acids is 2. The summed E-state index contributed by atoms with van der Waals surface area (Å²) >= 11 is 0. The maximum Gasteiger partial charge on any atom is 0.233 e. The van der Waals surface area contributed by atoms with Crippen LogP contribution in [0, 0.1) is 35.5 Å². The highest BCUT2D eigenvalue weighted by Crippen LogP contribution is 2.55. The molecule has 0 aromatic heterocycles. The van der Waals surface area contributed by atoms with E-state index < -0.39 is 0 Å². The Balaban J connectivity index is 1.50. The average Bonchev–Trinajstić information content (AvgIpc) is 3.16. The second-order valence-electron chi connectivity index (χ2n) is 7.29.